The maximum Gasteiger partial charge on any atom is 0.222 e. The Morgan fingerprint density at radius 1 is 1.13 bits per heavy atom. The first-order valence-electron chi connectivity index (χ1n) is 7.42. The molecule has 0 saturated heterocycles. The lowest BCUT2D eigenvalue weighted by atomic mass is 10.1. The molecule has 0 radical (unpaired) electrons. The Morgan fingerprint density at radius 2 is 1.91 bits per heavy atom. The van der Waals surface area contributed by atoms with E-state index in [4.69, 9.17) is 4.74 Å². The zero-order chi connectivity index (χ0) is 16.7. The van der Waals surface area contributed by atoms with Gasteiger partial charge in [-0.1, -0.05) is 24.3 Å². The van der Waals surface area contributed by atoms with E-state index in [0.29, 0.717) is 19.4 Å². The summed E-state index contributed by atoms with van der Waals surface area (Å²) in [6.07, 6.45) is 0.773. The molecule has 3 nitrogen and oxygen atoms in total. The van der Waals surface area contributed by atoms with E-state index in [1.807, 2.05) is 0 Å². The number of likely N-dealkylation sites (N-methyl/N-ethyl adjacent to an activating group) is 1. The standard InChI is InChI=1S/C18H19F2NO2/c1-21(11-12-23-17-8-3-2-7-16(17)20)18(22)10-9-14-5-4-6-15(19)13-14/h2-8,13H,9-12H2,1H3. The topological polar surface area (TPSA) is 29.5 Å². The molecule has 122 valence electrons. The molecule has 0 aliphatic heterocycles. The number of carbonyl (C=O) groups is 1. The molecule has 2 rings (SSSR count). The summed E-state index contributed by atoms with van der Waals surface area (Å²) in [5.74, 6) is -0.617. The van der Waals surface area contributed by atoms with Crippen molar-refractivity contribution in [3.63, 3.8) is 0 Å². The van der Waals surface area contributed by atoms with Crippen molar-refractivity contribution in [3.8, 4) is 5.75 Å². The van der Waals surface area contributed by atoms with Crippen LogP contribution in [0.2, 0.25) is 0 Å². The van der Waals surface area contributed by atoms with Crippen molar-refractivity contribution in [2.45, 2.75) is 12.8 Å². The average molecular weight is 319 g/mol. The lowest BCUT2D eigenvalue weighted by molar-refractivity contribution is -0.130. The molecule has 2 aromatic carbocycles. The van der Waals surface area contributed by atoms with Crippen molar-refractivity contribution < 1.29 is 18.3 Å². The normalized spacial score (nSPS) is 10.4. The number of aryl methyl sites for hydroxylation is 1. The third kappa shape index (κ3) is 5.36. The van der Waals surface area contributed by atoms with E-state index in [-0.39, 0.29) is 24.1 Å². The number of halogens is 2. The molecular formula is C18H19F2NO2. The van der Waals surface area contributed by atoms with Crippen molar-refractivity contribution in [2.24, 2.45) is 0 Å². The van der Waals surface area contributed by atoms with Gasteiger partial charge < -0.3 is 9.64 Å². The number of benzene rings is 2. The Labute approximate surface area is 134 Å². The second-order valence-electron chi connectivity index (χ2n) is 5.22. The van der Waals surface area contributed by atoms with Crippen LogP contribution in [0, 0.1) is 11.6 Å². The molecule has 5 heteroatoms. The van der Waals surface area contributed by atoms with E-state index in [1.54, 1.807) is 37.4 Å². The van der Waals surface area contributed by atoms with Crippen LogP contribution in [-0.2, 0) is 11.2 Å². The lowest BCUT2D eigenvalue weighted by Crippen LogP contribution is -2.31. The summed E-state index contributed by atoms with van der Waals surface area (Å²) < 4.78 is 31.8. The van der Waals surface area contributed by atoms with E-state index >= 15 is 0 Å². The molecule has 0 unspecified atom stereocenters. The second-order valence-corrected chi connectivity index (χ2v) is 5.22. The number of carbonyl (C=O) groups excluding carboxylic acids is 1. The number of hydrogen-bond donors (Lipinski definition) is 0. The smallest absolute Gasteiger partial charge is 0.222 e. The Hall–Kier alpha value is -2.43. The maximum atomic E-state index is 13.4. The maximum absolute atomic E-state index is 13.4. The van der Waals surface area contributed by atoms with Crippen LogP contribution in [0.25, 0.3) is 0 Å². The number of nitrogens with zero attached hydrogens (tertiary/aromatic N) is 1. The summed E-state index contributed by atoms with van der Waals surface area (Å²) in [5.41, 5.74) is 0.786. The van der Waals surface area contributed by atoms with Gasteiger partial charge in [0.25, 0.3) is 0 Å². The van der Waals surface area contributed by atoms with Gasteiger partial charge in [0.1, 0.15) is 12.4 Å². The first-order valence-corrected chi connectivity index (χ1v) is 7.42. The average Bonchev–Trinajstić information content (AvgIpc) is 2.54. The molecule has 0 atom stereocenters. The van der Waals surface area contributed by atoms with Crippen LogP contribution < -0.4 is 4.74 Å². The number of amides is 1. The van der Waals surface area contributed by atoms with Crippen molar-refractivity contribution in [1.82, 2.24) is 4.90 Å². The van der Waals surface area contributed by atoms with Crippen LogP contribution in [0.3, 0.4) is 0 Å². The van der Waals surface area contributed by atoms with Crippen LogP contribution in [0.15, 0.2) is 48.5 Å². The highest BCUT2D eigenvalue weighted by molar-refractivity contribution is 5.76. The van der Waals surface area contributed by atoms with Crippen molar-refractivity contribution in [2.75, 3.05) is 20.2 Å². The highest BCUT2D eigenvalue weighted by Crippen LogP contribution is 2.15. The molecule has 1 amide bonds. The van der Waals surface area contributed by atoms with Gasteiger partial charge in [0.05, 0.1) is 6.54 Å². The van der Waals surface area contributed by atoms with Crippen LogP contribution >= 0.6 is 0 Å². The lowest BCUT2D eigenvalue weighted by Gasteiger charge is -2.17. The van der Waals surface area contributed by atoms with Crippen molar-refractivity contribution >= 4 is 5.91 Å². The molecule has 0 spiro atoms. The van der Waals surface area contributed by atoms with Gasteiger partial charge in [-0.2, -0.15) is 0 Å². The third-order valence-corrected chi connectivity index (χ3v) is 3.46. The highest BCUT2D eigenvalue weighted by atomic mass is 19.1. The minimum Gasteiger partial charge on any atom is -0.489 e. The van der Waals surface area contributed by atoms with Crippen molar-refractivity contribution in [1.29, 1.82) is 0 Å². The van der Waals surface area contributed by atoms with Crippen LogP contribution in [0.5, 0.6) is 5.75 Å². The Morgan fingerprint density at radius 3 is 2.65 bits per heavy atom. The van der Waals surface area contributed by atoms with Gasteiger partial charge in [-0.15, -0.1) is 0 Å². The summed E-state index contributed by atoms with van der Waals surface area (Å²) >= 11 is 0. The summed E-state index contributed by atoms with van der Waals surface area (Å²) in [6, 6.07) is 12.4. The summed E-state index contributed by atoms with van der Waals surface area (Å²) in [5, 5.41) is 0. The first kappa shape index (κ1) is 16.9. The fourth-order valence-corrected chi connectivity index (χ4v) is 2.11. The first-order chi connectivity index (χ1) is 11.1. The minimum absolute atomic E-state index is 0.0635. The number of ether oxygens (including phenoxy) is 1. The van der Waals surface area contributed by atoms with Crippen molar-refractivity contribution in [3.05, 3.63) is 65.7 Å². The van der Waals surface area contributed by atoms with Crippen LogP contribution in [-0.4, -0.2) is 31.0 Å². The summed E-state index contributed by atoms with van der Waals surface area (Å²) in [6.45, 7) is 0.569. The number of para-hydroxylation sites is 1. The van der Waals surface area contributed by atoms with Gasteiger partial charge in [0.2, 0.25) is 5.91 Å². The molecule has 0 bridgehead atoms. The molecule has 0 saturated carbocycles. The zero-order valence-corrected chi connectivity index (χ0v) is 13.0. The van der Waals surface area contributed by atoms with Gasteiger partial charge in [-0.25, -0.2) is 8.78 Å². The molecule has 23 heavy (non-hydrogen) atoms. The van der Waals surface area contributed by atoms with E-state index in [9.17, 15) is 13.6 Å². The fraction of sp³-hybridized carbons (Fsp3) is 0.278. The second kappa shape index (κ2) is 8.27. The highest BCUT2D eigenvalue weighted by Gasteiger charge is 2.10. The molecule has 2 aromatic rings. The molecule has 0 heterocycles. The number of rotatable bonds is 7. The van der Waals surface area contributed by atoms with Crippen LogP contribution in [0.1, 0.15) is 12.0 Å². The van der Waals surface area contributed by atoms with Gasteiger partial charge in [0, 0.05) is 13.5 Å². The minimum atomic E-state index is -0.424. The molecule has 0 aromatic heterocycles. The predicted molar refractivity (Wildman–Crippen MR) is 84.3 cm³/mol. The monoisotopic (exact) mass is 319 g/mol. The zero-order valence-electron chi connectivity index (χ0n) is 13.0. The largest absolute Gasteiger partial charge is 0.489 e. The van der Waals surface area contributed by atoms with E-state index in [0.717, 1.165) is 5.56 Å². The fourth-order valence-electron chi connectivity index (χ4n) is 2.11. The SMILES string of the molecule is CN(CCOc1ccccc1F)C(=O)CCc1cccc(F)c1. The Bertz CT molecular complexity index is 661. The molecular weight excluding hydrogens is 300 g/mol. The van der Waals surface area contributed by atoms with Gasteiger partial charge in [-0.3, -0.25) is 4.79 Å². The van der Waals surface area contributed by atoms with E-state index in [2.05, 4.69) is 0 Å². The van der Waals surface area contributed by atoms with E-state index in [1.165, 1.54) is 23.1 Å². The van der Waals surface area contributed by atoms with Gasteiger partial charge in [-0.05, 0) is 36.2 Å². The summed E-state index contributed by atoms with van der Waals surface area (Å²) in [4.78, 5) is 13.5. The number of hydrogen-bond acceptors (Lipinski definition) is 2. The predicted octanol–water partition coefficient (Wildman–Crippen LogP) is 3.43. The van der Waals surface area contributed by atoms with E-state index < -0.39 is 5.82 Å². The van der Waals surface area contributed by atoms with Gasteiger partial charge >= 0.3 is 0 Å². The quantitative estimate of drug-likeness (QED) is 0.782. The Balaban J connectivity index is 1.73. The van der Waals surface area contributed by atoms with Crippen LogP contribution in [0.4, 0.5) is 8.78 Å². The molecule has 0 aliphatic carbocycles. The Kier molecular flexibility index (Phi) is 6.09. The molecule has 0 N–H and O–H groups in total. The molecule has 0 fully saturated rings. The summed E-state index contributed by atoms with van der Waals surface area (Å²) in [7, 11) is 1.67. The van der Waals surface area contributed by atoms with Gasteiger partial charge in [0.15, 0.2) is 11.6 Å². The molecule has 0 aliphatic rings. The third-order valence-electron chi connectivity index (χ3n) is 3.46.